The Balaban J connectivity index is 0.855. The lowest BCUT2D eigenvalue weighted by molar-refractivity contribution is -0.140. The van der Waals surface area contributed by atoms with E-state index in [1.807, 2.05) is 0 Å². The normalized spacial score (nSPS) is 32.7. The number of halogens is 2. The van der Waals surface area contributed by atoms with Crippen LogP contribution in [0.15, 0.2) is 0 Å². The number of nitrogens with zero attached hydrogens (tertiary/aromatic N) is 2. The minimum Gasteiger partial charge on any atom is -0.394 e. The second-order valence-corrected chi connectivity index (χ2v) is 16.1. The molecule has 0 aromatic heterocycles. The zero-order valence-electron chi connectivity index (χ0n) is 28.4. The highest BCUT2D eigenvalue weighted by molar-refractivity contribution is 6.21. The molecule has 12 nitrogen and oxygen atoms in total. The third-order valence-electron chi connectivity index (χ3n) is 11.8. The quantitative estimate of drug-likeness (QED) is 0.0765. The standard InChI is InChI=1S/C34H61ClFN5O7/c35-25-16-38-33(39-17-25)40-8-6-34(7-9-40)13-22(14-34)3-1-2-10-48-26-5-4-24(27(36)12-26)11-30(45)41-19-23(20-41)15-37-18-28(43)31(46)32(47)29(44)21-42/h22-29,31-33,37-39,42-44,46-47H,1-21H2/t24?,25?,26?,27?,28-,29+,31+,32+,33?/m0/s1. The molecule has 3 saturated heterocycles. The van der Waals surface area contributed by atoms with Gasteiger partial charge in [-0.3, -0.25) is 20.3 Å². The van der Waals surface area contributed by atoms with E-state index in [4.69, 9.17) is 21.4 Å². The molecule has 278 valence electrons. The number of carbonyl (C=O) groups excluding carboxylic acids is 1. The molecule has 8 N–H and O–H groups in total. The first kappa shape index (κ1) is 38.5. The third kappa shape index (κ3) is 10.4. The van der Waals surface area contributed by atoms with Crippen molar-refractivity contribution in [1.29, 1.82) is 0 Å². The van der Waals surface area contributed by atoms with Crippen molar-refractivity contribution >= 4 is 17.5 Å². The number of piperidine rings is 1. The van der Waals surface area contributed by atoms with E-state index in [0.29, 0.717) is 44.5 Å². The zero-order valence-corrected chi connectivity index (χ0v) is 29.2. The van der Waals surface area contributed by atoms with Crippen LogP contribution in [0.4, 0.5) is 4.39 Å². The number of aliphatic hydroxyl groups is 5. The molecule has 3 aliphatic heterocycles. The smallest absolute Gasteiger partial charge is 0.222 e. The molecule has 3 heterocycles. The Morgan fingerprint density at radius 3 is 2.35 bits per heavy atom. The van der Waals surface area contributed by atoms with Gasteiger partial charge >= 0.3 is 0 Å². The fourth-order valence-corrected chi connectivity index (χ4v) is 8.78. The van der Waals surface area contributed by atoms with Gasteiger partial charge in [-0.2, -0.15) is 0 Å². The van der Waals surface area contributed by atoms with E-state index >= 15 is 4.39 Å². The van der Waals surface area contributed by atoms with Gasteiger partial charge in [-0.25, -0.2) is 4.39 Å². The lowest BCUT2D eigenvalue weighted by Gasteiger charge is -2.54. The summed E-state index contributed by atoms with van der Waals surface area (Å²) in [4.78, 5) is 17.0. The monoisotopic (exact) mass is 705 g/mol. The number of ether oxygens (including phenoxy) is 1. The number of hydrogen-bond acceptors (Lipinski definition) is 11. The molecule has 48 heavy (non-hydrogen) atoms. The number of aliphatic hydroxyl groups excluding tert-OH is 5. The number of likely N-dealkylation sites (tertiary alicyclic amines) is 2. The molecule has 5 aliphatic rings. The van der Waals surface area contributed by atoms with Crippen molar-refractivity contribution in [2.24, 2.45) is 23.2 Å². The Morgan fingerprint density at radius 1 is 1.00 bits per heavy atom. The summed E-state index contributed by atoms with van der Waals surface area (Å²) in [6.07, 6.45) is 3.84. The average molecular weight is 706 g/mol. The van der Waals surface area contributed by atoms with Gasteiger partial charge in [-0.05, 0) is 62.2 Å². The van der Waals surface area contributed by atoms with E-state index in [9.17, 15) is 25.2 Å². The number of unbranched alkanes of at least 4 members (excludes halogenated alkanes) is 1. The van der Waals surface area contributed by atoms with Crippen LogP contribution in [-0.2, 0) is 9.53 Å². The number of nitrogens with one attached hydrogen (secondary N) is 3. The van der Waals surface area contributed by atoms with Crippen molar-refractivity contribution in [1.82, 2.24) is 25.8 Å². The molecule has 14 heteroatoms. The van der Waals surface area contributed by atoms with Gasteiger partial charge in [0.05, 0.1) is 24.2 Å². The molecule has 0 bridgehead atoms. The van der Waals surface area contributed by atoms with Crippen LogP contribution in [0.25, 0.3) is 0 Å². The Kier molecular flexibility index (Phi) is 14.6. The maximum atomic E-state index is 15.0. The van der Waals surface area contributed by atoms with E-state index in [1.54, 1.807) is 4.90 Å². The molecule has 5 fully saturated rings. The van der Waals surface area contributed by atoms with Crippen LogP contribution in [0.5, 0.6) is 0 Å². The predicted molar refractivity (Wildman–Crippen MR) is 180 cm³/mol. The molecular formula is C34H61ClFN5O7. The van der Waals surface area contributed by atoms with Crippen molar-refractivity contribution in [3.63, 3.8) is 0 Å². The molecule has 5 rings (SSSR count). The van der Waals surface area contributed by atoms with Crippen molar-refractivity contribution in [3.05, 3.63) is 0 Å². The summed E-state index contributed by atoms with van der Waals surface area (Å²) in [5, 5.41) is 58.1. The third-order valence-corrected chi connectivity index (χ3v) is 12.1. The maximum absolute atomic E-state index is 15.0. The molecule has 3 unspecified atom stereocenters. The van der Waals surface area contributed by atoms with Crippen LogP contribution in [0.2, 0.25) is 0 Å². The molecule has 0 aromatic carbocycles. The van der Waals surface area contributed by atoms with Gasteiger partial charge < -0.3 is 40.5 Å². The number of hydrogen-bond donors (Lipinski definition) is 8. The Bertz CT molecular complexity index is 978. The summed E-state index contributed by atoms with van der Waals surface area (Å²) >= 11 is 6.19. The predicted octanol–water partition coefficient (Wildman–Crippen LogP) is 0.130. The van der Waals surface area contributed by atoms with Gasteiger partial charge in [0.25, 0.3) is 0 Å². The number of rotatable bonds is 17. The fourth-order valence-electron chi connectivity index (χ4n) is 8.60. The van der Waals surface area contributed by atoms with Crippen LogP contribution in [0.1, 0.15) is 70.6 Å². The largest absolute Gasteiger partial charge is 0.394 e. The van der Waals surface area contributed by atoms with E-state index < -0.39 is 37.2 Å². The molecule has 7 atom stereocenters. The van der Waals surface area contributed by atoms with Crippen LogP contribution in [-0.4, -0.2) is 155 Å². The molecule has 1 amide bonds. The second kappa shape index (κ2) is 18.2. The minimum absolute atomic E-state index is 0.0101. The lowest BCUT2D eigenvalue weighted by atomic mass is 9.56. The summed E-state index contributed by atoms with van der Waals surface area (Å²) in [5.41, 5.74) is 0.557. The fraction of sp³-hybridized carbons (Fsp3) is 0.971. The highest BCUT2D eigenvalue weighted by Gasteiger charge is 2.46. The van der Waals surface area contributed by atoms with Gasteiger partial charge in [0, 0.05) is 77.7 Å². The van der Waals surface area contributed by atoms with E-state index in [-0.39, 0.29) is 48.5 Å². The molecular weight excluding hydrogens is 645 g/mol. The zero-order chi connectivity index (χ0) is 34.3. The first-order chi connectivity index (χ1) is 23.1. The van der Waals surface area contributed by atoms with Crippen molar-refractivity contribution in [2.75, 3.05) is 65.6 Å². The van der Waals surface area contributed by atoms with Crippen molar-refractivity contribution in [3.8, 4) is 0 Å². The van der Waals surface area contributed by atoms with Gasteiger partial charge in [0.1, 0.15) is 30.8 Å². The van der Waals surface area contributed by atoms with Gasteiger partial charge in [-0.1, -0.05) is 12.8 Å². The average Bonchev–Trinajstić information content (AvgIpc) is 3.05. The van der Waals surface area contributed by atoms with Crippen LogP contribution in [0.3, 0.4) is 0 Å². The Morgan fingerprint density at radius 2 is 1.69 bits per heavy atom. The summed E-state index contributed by atoms with van der Waals surface area (Å²) < 4.78 is 21.1. The van der Waals surface area contributed by atoms with E-state index in [1.165, 1.54) is 32.1 Å². The number of alkyl halides is 2. The van der Waals surface area contributed by atoms with Crippen LogP contribution < -0.4 is 16.0 Å². The summed E-state index contributed by atoms with van der Waals surface area (Å²) in [7, 11) is 0. The highest BCUT2D eigenvalue weighted by atomic mass is 35.5. The lowest BCUT2D eigenvalue weighted by Crippen LogP contribution is -2.64. The first-order valence-corrected chi connectivity index (χ1v) is 18.9. The summed E-state index contributed by atoms with van der Waals surface area (Å²) in [5.74, 6) is 0.725. The van der Waals surface area contributed by atoms with Gasteiger partial charge in [0.15, 0.2) is 0 Å². The van der Waals surface area contributed by atoms with Crippen molar-refractivity contribution in [2.45, 2.75) is 119 Å². The maximum Gasteiger partial charge on any atom is 0.222 e. The molecule has 1 spiro atoms. The topological polar surface area (TPSA) is 170 Å². The highest BCUT2D eigenvalue weighted by Crippen LogP contribution is 2.54. The van der Waals surface area contributed by atoms with Gasteiger partial charge in [-0.15, -0.1) is 11.6 Å². The van der Waals surface area contributed by atoms with Crippen LogP contribution in [0, 0.1) is 23.2 Å². The number of carbonyl (C=O) groups is 1. The molecule has 0 aromatic rings. The molecule has 2 aliphatic carbocycles. The molecule has 2 saturated carbocycles. The number of amides is 1. The molecule has 0 radical (unpaired) electrons. The second-order valence-electron chi connectivity index (χ2n) is 15.5. The first-order valence-electron chi connectivity index (χ1n) is 18.5. The SMILES string of the molecule is O=C(CC1CCC(OCCCCC2CC3(CCN(C4NCC(Cl)CN4)CC3)C2)CC1F)N1CC(CNC[C@H](O)[C@@H](O)[C@H](O)[C@H](O)CO)C1. The Labute approximate surface area is 290 Å². The summed E-state index contributed by atoms with van der Waals surface area (Å²) in [6.45, 7) is 5.59. The van der Waals surface area contributed by atoms with E-state index in [0.717, 1.165) is 51.4 Å². The van der Waals surface area contributed by atoms with E-state index in [2.05, 4.69) is 20.9 Å². The van der Waals surface area contributed by atoms with Crippen molar-refractivity contribution < 1.29 is 39.5 Å². The summed E-state index contributed by atoms with van der Waals surface area (Å²) in [6, 6.07) is 0. The van der Waals surface area contributed by atoms with Gasteiger partial charge in [0.2, 0.25) is 5.91 Å². The van der Waals surface area contributed by atoms with Crippen LogP contribution >= 0.6 is 11.6 Å². The Hall–Kier alpha value is -0.710. The minimum atomic E-state index is -1.65.